The minimum Gasteiger partial charge on any atom is -0.508 e. The molecule has 90 valence electrons. The Bertz CT molecular complexity index is 740. The molecule has 18 heavy (non-hydrogen) atoms. The van der Waals surface area contributed by atoms with Gasteiger partial charge < -0.3 is 20.2 Å². The number of nitrogens with one attached hydrogen (secondary N) is 2. The highest BCUT2D eigenvalue weighted by Gasteiger charge is 2.14. The Morgan fingerprint density at radius 1 is 1.17 bits per heavy atom. The van der Waals surface area contributed by atoms with Crippen LogP contribution < -0.4 is 0 Å². The molecule has 3 rings (SSSR count). The number of aromatic amines is 2. The van der Waals surface area contributed by atoms with Crippen LogP contribution in [0.4, 0.5) is 0 Å². The van der Waals surface area contributed by atoms with Gasteiger partial charge in [0.05, 0.1) is 17.0 Å². The summed E-state index contributed by atoms with van der Waals surface area (Å²) < 4.78 is 0. The van der Waals surface area contributed by atoms with Crippen molar-refractivity contribution in [2.45, 2.75) is 0 Å². The molecule has 2 aromatic heterocycles. The lowest BCUT2D eigenvalue weighted by atomic mass is 10.2. The highest BCUT2D eigenvalue weighted by molar-refractivity contribution is 5.96. The third-order valence-electron chi connectivity index (χ3n) is 2.85. The lowest BCUT2D eigenvalue weighted by molar-refractivity contribution is 0.0698. The number of hydrogen-bond acceptors (Lipinski definition) is 2. The number of carboxylic acids is 1. The number of hydrogen-bond donors (Lipinski definition) is 4. The van der Waals surface area contributed by atoms with Crippen LogP contribution in [0.15, 0.2) is 36.5 Å². The van der Waals surface area contributed by atoms with Gasteiger partial charge in [-0.3, -0.25) is 0 Å². The number of H-pyrrole nitrogens is 2. The van der Waals surface area contributed by atoms with Gasteiger partial charge in [0.1, 0.15) is 5.75 Å². The third kappa shape index (κ3) is 1.53. The van der Waals surface area contributed by atoms with Crippen LogP contribution in [0.3, 0.4) is 0 Å². The number of aromatic nitrogens is 2. The molecule has 5 nitrogen and oxygen atoms in total. The van der Waals surface area contributed by atoms with Gasteiger partial charge in [-0.15, -0.1) is 0 Å². The standard InChI is InChI=1S/C13H10N2O3/c16-8-1-2-10-7(5-8)6-11(15-10)12-9(13(17)18)3-4-14-12/h1-6,14-16H,(H,17,18). The van der Waals surface area contributed by atoms with E-state index in [2.05, 4.69) is 9.97 Å². The highest BCUT2D eigenvalue weighted by Crippen LogP contribution is 2.27. The Hall–Kier alpha value is -2.69. The quantitative estimate of drug-likeness (QED) is 0.556. The van der Waals surface area contributed by atoms with Gasteiger partial charge in [-0.25, -0.2) is 4.79 Å². The van der Waals surface area contributed by atoms with Gasteiger partial charge in [-0.2, -0.15) is 0 Å². The lowest BCUT2D eigenvalue weighted by Crippen LogP contribution is -1.96. The molecule has 0 fully saturated rings. The third-order valence-corrected chi connectivity index (χ3v) is 2.85. The fourth-order valence-electron chi connectivity index (χ4n) is 2.03. The number of fused-ring (bicyclic) bond motifs is 1. The lowest BCUT2D eigenvalue weighted by Gasteiger charge is -1.96. The van der Waals surface area contributed by atoms with Crippen LogP contribution in [0.1, 0.15) is 10.4 Å². The molecular weight excluding hydrogens is 232 g/mol. The largest absolute Gasteiger partial charge is 0.508 e. The summed E-state index contributed by atoms with van der Waals surface area (Å²) in [5.41, 5.74) is 2.26. The minimum atomic E-state index is -0.979. The van der Waals surface area contributed by atoms with Crippen LogP contribution in [0.5, 0.6) is 5.75 Å². The van der Waals surface area contributed by atoms with Gasteiger partial charge in [0.25, 0.3) is 0 Å². The first-order valence-electron chi connectivity index (χ1n) is 5.38. The summed E-state index contributed by atoms with van der Waals surface area (Å²) in [6.07, 6.45) is 1.59. The average Bonchev–Trinajstić information content (AvgIpc) is 2.93. The summed E-state index contributed by atoms with van der Waals surface area (Å²) in [5.74, 6) is -0.800. The van der Waals surface area contributed by atoms with E-state index in [0.29, 0.717) is 11.4 Å². The SMILES string of the molecule is O=C(O)c1cc[nH]c1-c1cc2cc(O)ccc2[nH]1. The van der Waals surface area contributed by atoms with Crippen LogP contribution in [-0.2, 0) is 0 Å². The van der Waals surface area contributed by atoms with Crippen LogP contribution >= 0.6 is 0 Å². The zero-order valence-electron chi connectivity index (χ0n) is 9.27. The van der Waals surface area contributed by atoms with Crippen LogP contribution in [-0.4, -0.2) is 26.2 Å². The number of aromatic carboxylic acids is 1. The smallest absolute Gasteiger partial charge is 0.337 e. The summed E-state index contributed by atoms with van der Waals surface area (Å²) in [4.78, 5) is 17.1. The van der Waals surface area contributed by atoms with Gasteiger partial charge >= 0.3 is 5.97 Å². The Morgan fingerprint density at radius 3 is 2.78 bits per heavy atom. The van der Waals surface area contributed by atoms with Crippen molar-refractivity contribution in [3.8, 4) is 17.1 Å². The van der Waals surface area contributed by atoms with Gasteiger partial charge in [-0.05, 0) is 30.3 Å². The molecule has 0 amide bonds. The van der Waals surface area contributed by atoms with E-state index in [1.54, 1.807) is 30.5 Å². The van der Waals surface area contributed by atoms with Crippen molar-refractivity contribution in [1.82, 2.24) is 9.97 Å². The number of phenols is 1. The van der Waals surface area contributed by atoms with Gasteiger partial charge in [0, 0.05) is 17.1 Å². The fraction of sp³-hybridized carbons (Fsp3) is 0. The van der Waals surface area contributed by atoms with E-state index in [1.807, 2.05) is 0 Å². The van der Waals surface area contributed by atoms with Crippen molar-refractivity contribution < 1.29 is 15.0 Å². The summed E-state index contributed by atoms with van der Waals surface area (Å²) in [7, 11) is 0. The Kier molecular flexibility index (Phi) is 2.13. The van der Waals surface area contributed by atoms with Crippen molar-refractivity contribution in [3.05, 3.63) is 42.1 Å². The normalized spacial score (nSPS) is 10.9. The van der Waals surface area contributed by atoms with E-state index < -0.39 is 5.97 Å². The molecule has 0 saturated carbocycles. The number of aromatic hydroxyl groups is 1. The molecule has 4 N–H and O–H groups in total. The van der Waals surface area contributed by atoms with Crippen molar-refractivity contribution in [2.24, 2.45) is 0 Å². The maximum atomic E-state index is 11.1. The molecule has 0 aliphatic heterocycles. The fourth-order valence-corrected chi connectivity index (χ4v) is 2.03. The molecule has 5 heteroatoms. The van der Waals surface area contributed by atoms with Gasteiger partial charge in [0.2, 0.25) is 0 Å². The maximum Gasteiger partial charge on any atom is 0.337 e. The van der Waals surface area contributed by atoms with Crippen LogP contribution in [0.2, 0.25) is 0 Å². The molecule has 2 heterocycles. The Balaban J connectivity index is 2.19. The summed E-state index contributed by atoms with van der Waals surface area (Å²) >= 11 is 0. The predicted molar refractivity (Wildman–Crippen MR) is 66.7 cm³/mol. The summed E-state index contributed by atoms with van der Waals surface area (Å²) in [5, 5.41) is 19.3. The van der Waals surface area contributed by atoms with Crippen molar-refractivity contribution >= 4 is 16.9 Å². The molecule has 0 saturated heterocycles. The van der Waals surface area contributed by atoms with Gasteiger partial charge in [0.15, 0.2) is 0 Å². The first kappa shape index (κ1) is 10.5. The van der Waals surface area contributed by atoms with E-state index >= 15 is 0 Å². The summed E-state index contributed by atoms with van der Waals surface area (Å²) in [6.45, 7) is 0. The number of rotatable bonds is 2. The zero-order chi connectivity index (χ0) is 12.7. The molecule has 1 aromatic carbocycles. The number of carboxylic acid groups (broad SMARTS) is 1. The van der Waals surface area contributed by atoms with Crippen molar-refractivity contribution in [3.63, 3.8) is 0 Å². The Labute approximate surface area is 102 Å². The van der Waals surface area contributed by atoms with Crippen LogP contribution in [0.25, 0.3) is 22.3 Å². The first-order chi connectivity index (χ1) is 8.65. The number of benzene rings is 1. The molecule has 0 aliphatic rings. The second-order valence-electron chi connectivity index (χ2n) is 4.03. The van der Waals surface area contributed by atoms with E-state index in [0.717, 1.165) is 10.9 Å². The minimum absolute atomic E-state index is 0.179. The number of phenolic OH excluding ortho intramolecular Hbond substituents is 1. The van der Waals surface area contributed by atoms with E-state index in [-0.39, 0.29) is 11.3 Å². The molecule has 0 atom stereocenters. The Morgan fingerprint density at radius 2 is 2.00 bits per heavy atom. The number of carbonyl (C=O) groups is 1. The van der Waals surface area contributed by atoms with E-state index in [9.17, 15) is 9.90 Å². The second-order valence-corrected chi connectivity index (χ2v) is 4.03. The maximum absolute atomic E-state index is 11.1. The predicted octanol–water partition coefficient (Wildman–Crippen LogP) is 2.57. The molecule has 0 spiro atoms. The van der Waals surface area contributed by atoms with Gasteiger partial charge in [-0.1, -0.05) is 0 Å². The molecular formula is C13H10N2O3. The van der Waals surface area contributed by atoms with Crippen LogP contribution in [0, 0.1) is 0 Å². The molecule has 0 unspecified atom stereocenters. The second kappa shape index (κ2) is 3.66. The molecule has 0 radical (unpaired) electrons. The zero-order valence-corrected chi connectivity index (χ0v) is 9.27. The summed E-state index contributed by atoms with van der Waals surface area (Å²) in [6, 6.07) is 8.26. The highest BCUT2D eigenvalue weighted by atomic mass is 16.4. The monoisotopic (exact) mass is 242 g/mol. The molecule has 0 bridgehead atoms. The first-order valence-corrected chi connectivity index (χ1v) is 5.38. The van der Waals surface area contributed by atoms with E-state index in [4.69, 9.17) is 5.11 Å². The van der Waals surface area contributed by atoms with Crippen molar-refractivity contribution in [1.29, 1.82) is 0 Å². The van der Waals surface area contributed by atoms with E-state index in [1.165, 1.54) is 6.07 Å². The molecule has 3 aromatic rings. The average molecular weight is 242 g/mol. The van der Waals surface area contributed by atoms with Crippen molar-refractivity contribution in [2.75, 3.05) is 0 Å². The topological polar surface area (TPSA) is 89.1 Å². The molecule has 0 aliphatic carbocycles.